The van der Waals surface area contributed by atoms with E-state index >= 15 is 0 Å². The minimum absolute atomic E-state index is 0.173. The molecular formula is C15H18O4S. The largest absolute Gasteiger partial charge is 0.294 e. The Kier molecular flexibility index (Phi) is 5.03. The summed E-state index contributed by atoms with van der Waals surface area (Å²) in [6, 6.07) is 5.22. The zero-order valence-corrected chi connectivity index (χ0v) is 12.8. The van der Waals surface area contributed by atoms with Crippen molar-refractivity contribution < 1.29 is 17.8 Å². The van der Waals surface area contributed by atoms with E-state index in [-0.39, 0.29) is 10.7 Å². The maximum atomic E-state index is 12.4. The fraction of sp³-hybridized carbons (Fsp3) is 0.267. The van der Waals surface area contributed by atoms with Gasteiger partial charge in [-0.25, -0.2) is 0 Å². The lowest BCUT2D eigenvalue weighted by molar-refractivity contribution is 0.103. The molecule has 20 heavy (non-hydrogen) atoms. The third kappa shape index (κ3) is 4.15. The Morgan fingerprint density at radius 2 is 1.55 bits per heavy atom. The Hall–Kier alpha value is -1.72. The highest BCUT2D eigenvalue weighted by atomic mass is 32.2. The van der Waals surface area contributed by atoms with Crippen molar-refractivity contribution in [2.24, 2.45) is 0 Å². The van der Waals surface area contributed by atoms with Crippen molar-refractivity contribution in [1.82, 2.24) is 0 Å². The maximum Gasteiger partial charge on any atom is 0.294 e. The molecule has 0 radical (unpaired) electrons. The number of hydrogen-bond acceptors (Lipinski definition) is 3. The van der Waals surface area contributed by atoms with Crippen LogP contribution in [0, 0.1) is 0 Å². The van der Waals surface area contributed by atoms with E-state index in [9.17, 15) is 13.2 Å². The van der Waals surface area contributed by atoms with Gasteiger partial charge in [0.1, 0.15) is 0 Å². The molecule has 0 saturated heterocycles. The van der Waals surface area contributed by atoms with Gasteiger partial charge in [-0.1, -0.05) is 17.2 Å². The Morgan fingerprint density at radius 3 is 1.90 bits per heavy atom. The maximum absolute atomic E-state index is 12.4. The van der Waals surface area contributed by atoms with Crippen molar-refractivity contribution in [1.29, 1.82) is 0 Å². The molecule has 0 aliphatic heterocycles. The lowest BCUT2D eigenvalue weighted by Crippen LogP contribution is -2.05. The topological polar surface area (TPSA) is 71.4 Å². The second kappa shape index (κ2) is 6.15. The second-order valence-corrected chi connectivity index (χ2v) is 6.39. The first kappa shape index (κ1) is 16.3. The molecule has 0 aliphatic carbocycles. The molecule has 1 aromatic carbocycles. The van der Waals surface area contributed by atoms with Gasteiger partial charge >= 0.3 is 0 Å². The molecule has 0 saturated carbocycles. The number of carbonyl (C=O) groups excluding carboxylic acids is 1. The molecule has 1 N–H and O–H groups in total. The first-order chi connectivity index (χ1) is 9.12. The van der Waals surface area contributed by atoms with E-state index in [1.807, 2.05) is 27.7 Å². The molecule has 1 aromatic rings. The van der Waals surface area contributed by atoms with E-state index in [1.165, 1.54) is 24.3 Å². The van der Waals surface area contributed by atoms with Crippen molar-refractivity contribution in [3.8, 4) is 0 Å². The molecule has 0 heterocycles. The summed E-state index contributed by atoms with van der Waals surface area (Å²) < 4.78 is 30.8. The van der Waals surface area contributed by atoms with Crippen LogP contribution in [0.25, 0.3) is 0 Å². The van der Waals surface area contributed by atoms with Crippen LogP contribution in [0.5, 0.6) is 0 Å². The zero-order valence-electron chi connectivity index (χ0n) is 12.0. The van der Waals surface area contributed by atoms with E-state index in [0.29, 0.717) is 11.1 Å². The molecule has 0 atom stereocenters. The molecule has 0 bridgehead atoms. The number of allylic oxidation sites excluding steroid dienone is 4. The van der Waals surface area contributed by atoms with Gasteiger partial charge in [0.25, 0.3) is 10.1 Å². The highest BCUT2D eigenvalue weighted by Gasteiger charge is 2.14. The number of hydrogen-bond donors (Lipinski definition) is 1. The zero-order chi connectivity index (χ0) is 15.5. The van der Waals surface area contributed by atoms with Crippen LogP contribution in [-0.2, 0) is 10.1 Å². The van der Waals surface area contributed by atoms with Crippen LogP contribution in [0.2, 0.25) is 0 Å². The lowest BCUT2D eigenvalue weighted by atomic mass is 9.98. The summed E-state index contributed by atoms with van der Waals surface area (Å²) in [5.41, 5.74) is 2.86. The number of carbonyl (C=O) groups is 1. The molecule has 0 amide bonds. The van der Waals surface area contributed by atoms with Crippen LogP contribution in [-0.4, -0.2) is 18.8 Å². The third-order valence-electron chi connectivity index (χ3n) is 2.63. The fourth-order valence-electron chi connectivity index (χ4n) is 1.66. The molecular weight excluding hydrogens is 276 g/mol. The number of ketones is 1. The van der Waals surface area contributed by atoms with Gasteiger partial charge in [0.15, 0.2) is 5.78 Å². The highest BCUT2D eigenvalue weighted by Crippen LogP contribution is 2.17. The van der Waals surface area contributed by atoms with Gasteiger partial charge in [-0.15, -0.1) is 0 Å². The molecule has 0 aliphatic rings. The summed E-state index contributed by atoms with van der Waals surface area (Å²) in [4.78, 5) is 12.1. The quantitative estimate of drug-likeness (QED) is 0.400. The Morgan fingerprint density at radius 1 is 1.05 bits per heavy atom. The van der Waals surface area contributed by atoms with Gasteiger partial charge in [-0.2, -0.15) is 8.42 Å². The Labute approximate surface area is 119 Å². The summed E-state index contributed by atoms with van der Waals surface area (Å²) in [5.74, 6) is -0.173. The molecule has 0 unspecified atom stereocenters. The summed E-state index contributed by atoms with van der Waals surface area (Å²) in [6.07, 6.45) is 1.80. The molecule has 0 spiro atoms. The van der Waals surface area contributed by atoms with Gasteiger partial charge < -0.3 is 0 Å². The van der Waals surface area contributed by atoms with Gasteiger partial charge in [0.2, 0.25) is 0 Å². The number of benzene rings is 1. The first-order valence-corrected chi connectivity index (χ1v) is 7.51. The third-order valence-corrected chi connectivity index (χ3v) is 3.50. The van der Waals surface area contributed by atoms with Crippen LogP contribution < -0.4 is 0 Å². The van der Waals surface area contributed by atoms with Crippen LogP contribution in [0.3, 0.4) is 0 Å². The standard InChI is InChI=1S/C15H18O4S/c1-10(2)9-14(11(3)4)15(16)12-5-7-13(8-6-12)20(17,18)19/h5-9H,1-4H3,(H,17,18,19). The number of Topliss-reactive ketones (excluding diaryl/α,β-unsaturated/α-hetero) is 1. The lowest BCUT2D eigenvalue weighted by Gasteiger charge is -2.06. The summed E-state index contributed by atoms with van der Waals surface area (Å²) >= 11 is 0. The smallest absolute Gasteiger partial charge is 0.289 e. The normalized spacial score (nSPS) is 10.8. The molecule has 0 aromatic heterocycles. The van der Waals surface area contributed by atoms with Gasteiger partial charge in [-0.05, 0) is 52.0 Å². The minimum atomic E-state index is -4.24. The average molecular weight is 294 g/mol. The predicted molar refractivity (Wildman–Crippen MR) is 78.4 cm³/mol. The van der Waals surface area contributed by atoms with Crippen LogP contribution >= 0.6 is 0 Å². The highest BCUT2D eigenvalue weighted by molar-refractivity contribution is 7.85. The first-order valence-electron chi connectivity index (χ1n) is 6.07. The number of rotatable bonds is 4. The SMILES string of the molecule is CC(C)=CC(C(=O)c1ccc(S(=O)(=O)O)cc1)=C(C)C. The van der Waals surface area contributed by atoms with Gasteiger partial charge in [0, 0.05) is 11.1 Å². The van der Waals surface area contributed by atoms with E-state index in [4.69, 9.17) is 4.55 Å². The van der Waals surface area contributed by atoms with Gasteiger partial charge in [-0.3, -0.25) is 9.35 Å². The van der Waals surface area contributed by atoms with Gasteiger partial charge in [0.05, 0.1) is 4.90 Å². The monoisotopic (exact) mass is 294 g/mol. The fourth-order valence-corrected chi connectivity index (χ4v) is 2.14. The molecule has 4 nitrogen and oxygen atoms in total. The average Bonchev–Trinajstić information content (AvgIpc) is 2.33. The van der Waals surface area contributed by atoms with E-state index in [0.717, 1.165) is 11.1 Å². The molecule has 0 fully saturated rings. The van der Waals surface area contributed by atoms with Crippen molar-refractivity contribution in [2.75, 3.05) is 0 Å². The molecule has 1 rings (SSSR count). The molecule has 108 valence electrons. The predicted octanol–water partition coefficient (Wildman–Crippen LogP) is 3.42. The summed E-state index contributed by atoms with van der Waals surface area (Å²) in [6.45, 7) is 7.49. The molecule has 5 heteroatoms. The van der Waals surface area contributed by atoms with Crippen molar-refractivity contribution in [3.63, 3.8) is 0 Å². The summed E-state index contributed by atoms with van der Waals surface area (Å²) in [7, 11) is -4.24. The van der Waals surface area contributed by atoms with E-state index in [2.05, 4.69) is 0 Å². The second-order valence-electron chi connectivity index (χ2n) is 4.96. The van der Waals surface area contributed by atoms with Crippen molar-refractivity contribution >= 4 is 15.9 Å². The Bertz CT molecular complexity index is 669. The van der Waals surface area contributed by atoms with Crippen LogP contribution in [0.1, 0.15) is 38.1 Å². The summed E-state index contributed by atoms with van der Waals surface area (Å²) in [5, 5.41) is 0. The Balaban J connectivity index is 3.22. The van der Waals surface area contributed by atoms with E-state index in [1.54, 1.807) is 6.08 Å². The van der Waals surface area contributed by atoms with Crippen LogP contribution in [0.4, 0.5) is 0 Å². The van der Waals surface area contributed by atoms with E-state index < -0.39 is 10.1 Å². The minimum Gasteiger partial charge on any atom is -0.289 e. The van der Waals surface area contributed by atoms with Crippen LogP contribution in [0.15, 0.2) is 52.0 Å². The van der Waals surface area contributed by atoms with Crippen molar-refractivity contribution in [2.45, 2.75) is 32.6 Å². The van der Waals surface area contributed by atoms with Crippen molar-refractivity contribution in [3.05, 3.63) is 52.6 Å².